The number of nitrogens with zero attached hydrogens (tertiary/aromatic N) is 2. The average Bonchev–Trinajstić information content (AvgIpc) is 2.70. The molecule has 0 saturated carbocycles. The summed E-state index contributed by atoms with van der Waals surface area (Å²) in [6, 6.07) is 5.13. The molecule has 1 unspecified atom stereocenters. The highest BCUT2D eigenvalue weighted by Crippen LogP contribution is 2.33. The Labute approximate surface area is 107 Å². The highest BCUT2D eigenvalue weighted by atomic mass is 35.5. The predicted octanol–water partition coefficient (Wildman–Crippen LogP) is 3.53. The van der Waals surface area contributed by atoms with E-state index in [9.17, 15) is 0 Å². The van der Waals surface area contributed by atoms with Crippen LogP contribution in [0.1, 0.15) is 18.0 Å². The third-order valence-corrected chi connectivity index (χ3v) is 3.71. The van der Waals surface area contributed by atoms with Gasteiger partial charge in [0.1, 0.15) is 10.0 Å². The Hall–Kier alpha value is -0.680. The Balaban J connectivity index is 2.46. The number of hydrogen-bond donors (Lipinski definition) is 1. The molecule has 2 aromatic rings. The quantitative estimate of drug-likeness (QED) is 0.911. The van der Waals surface area contributed by atoms with Gasteiger partial charge in [0, 0.05) is 10.6 Å². The Morgan fingerprint density at radius 3 is 2.69 bits per heavy atom. The predicted molar refractivity (Wildman–Crippen MR) is 68.0 cm³/mol. The van der Waals surface area contributed by atoms with Crippen LogP contribution in [0.5, 0.6) is 0 Å². The molecule has 2 N–H and O–H groups in total. The molecule has 6 heteroatoms. The first-order valence-corrected chi connectivity index (χ1v) is 6.19. The number of aromatic nitrogens is 2. The van der Waals surface area contributed by atoms with Crippen LogP contribution < -0.4 is 5.73 Å². The van der Waals surface area contributed by atoms with E-state index in [0.717, 1.165) is 15.6 Å². The lowest BCUT2D eigenvalue weighted by Crippen LogP contribution is -2.03. The van der Waals surface area contributed by atoms with Gasteiger partial charge in [-0.25, -0.2) is 0 Å². The summed E-state index contributed by atoms with van der Waals surface area (Å²) in [5.74, 6) is 0. The molecule has 1 atom stereocenters. The van der Waals surface area contributed by atoms with Crippen LogP contribution in [0.25, 0.3) is 10.6 Å². The largest absolute Gasteiger partial charge is 0.322 e. The first-order chi connectivity index (χ1) is 7.58. The van der Waals surface area contributed by atoms with E-state index in [4.69, 9.17) is 28.9 Å². The smallest absolute Gasteiger partial charge is 0.149 e. The van der Waals surface area contributed by atoms with Crippen molar-refractivity contribution in [3.63, 3.8) is 0 Å². The summed E-state index contributed by atoms with van der Waals surface area (Å²) in [6.07, 6.45) is 0. The zero-order chi connectivity index (χ0) is 11.7. The Morgan fingerprint density at radius 1 is 1.31 bits per heavy atom. The SMILES string of the molecule is CC(N)c1nnc(-c2cc(Cl)ccc2Cl)s1. The number of nitrogens with two attached hydrogens (primary N) is 1. The molecule has 16 heavy (non-hydrogen) atoms. The van der Waals surface area contributed by atoms with Crippen molar-refractivity contribution in [2.24, 2.45) is 5.73 Å². The molecule has 1 aromatic heterocycles. The van der Waals surface area contributed by atoms with Gasteiger partial charge in [-0.05, 0) is 25.1 Å². The van der Waals surface area contributed by atoms with Crippen LogP contribution in [0.4, 0.5) is 0 Å². The van der Waals surface area contributed by atoms with Crippen LogP contribution in [0.3, 0.4) is 0 Å². The molecule has 0 saturated heterocycles. The van der Waals surface area contributed by atoms with Crippen LogP contribution in [0, 0.1) is 0 Å². The molecule has 0 spiro atoms. The van der Waals surface area contributed by atoms with Crippen LogP contribution in [0.15, 0.2) is 18.2 Å². The van der Waals surface area contributed by atoms with Gasteiger partial charge in [-0.1, -0.05) is 34.5 Å². The van der Waals surface area contributed by atoms with E-state index in [-0.39, 0.29) is 6.04 Å². The van der Waals surface area contributed by atoms with Gasteiger partial charge < -0.3 is 5.73 Å². The molecule has 0 fully saturated rings. The molecular weight excluding hydrogens is 265 g/mol. The van der Waals surface area contributed by atoms with Crippen molar-refractivity contribution in [1.29, 1.82) is 0 Å². The summed E-state index contributed by atoms with van der Waals surface area (Å²) in [5, 5.41) is 10.8. The maximum atomic E-state index is 6.07. The van der Waals surface area contributed by atoms with Gasteiger partial charge in [0.15, 0.2) is 0 Å². The lowest BCUT2D eigenvalue weighted by molar-refractivity contribution is 0.786. The lowest BCUT2D eigenvalue weighted by Gasteiger charge is -1.99. The van der Waals surface area contributed by atoms with Crippen LogP contribution in [0.2, 0.25) is 10.0 Å². The van der Waals surface area contributed by atoms with E-state index in [2.05, 4.69) is 10.2 Å². The standard InChI is InChI=1S/C10H9Cl2N3S/c1-5(13)9-14-15-10(16-9)7-4-6(11)2-3-8(7)12/h2-5H,13H2,1H3. The molecular formula is C10H9Cl2N3S. The highest BCUT2D eigenvalue weighted by Gasteiger charge is 2.12. The first kappa shape index (κ1) is 11.8. The molecule has 0 aliphatic carbocycles. The van der Waals surface area contributed by atoms with Gasteiger partial charge in [0.2, 0.25) is 0 Å². The zero-order valence-electron chi connectivity index (χ0n) is 8.45. The minimum absolute atomic E-state index is 0.121. The fourth-order valence-corrected chi connectivity index (χ4v) is 2.45. The lowest BCUT2D eigenvalue weighted by atomic mass is 10.2. The van der Waals surface area contributed by atoms with Crippen molar-refractivity contribution in [2.45, 2.75) is 13.0 Å². The maximum absolute atomic E-state index is 6.07. The highest BCUT2D eigenvalue weighted by molar-refractivity contribution is 7.14. The second-order valence-corrected chi connectivity index (χ2v) is 5.21. The van der Waals surface area contributed by atoms with Gasteiger partial charge >= 0.3 is 0 Å². The van der Waals surface area contributed by atoms with Crippen LogP contribution in [-0.2, 0) is 0 Å². The van der Waals surface area contributed by atoms with E-state index in [1.54, 1.807) is 18.2 Å². The number of rotatable bonds is 2. The molecule has 0 amide bonds. The van der Waals surface area contributed by atoms with E-state index >= 15 is 0 Å². The van der Waals surface area contributed by atoms with E-state index in [1.807, 2.05) is 6.92 Å². The third-order valence-electron chi connectivity index (χ3n) is 1.99. The molecule has 0 bridgehead atoms. The zero-order valence-corrected chi connectivity index (χ0v) is 10.8. The molecule has 84 valence electrons. The van der Waals surface area contributed by atoms with Crippen molar-refractivity contribution in [2.75, 3.05) is 0 Å². The van der Waals surface area contributed by atoms with Crippen molar-refractivity contribution in [3.05, 3.63) is 33.3 Å². The first-order valence-electron chi connectivity index (χ1n) is 4.62. The average molecular weight is 274 g/mol. The summed E-state index contributed by atoms with van der Waals surface area (Å²) in [5.41, 5.74) is 6.51. The topological polar surface area (TPSA) is 51.8 Å². The minimum Gasteiger partial charge on any atom is -0.322 e. The van der Waals surface area contributed by atoms with Gasteiger partial charge in [-0.15, -0.1) is 10.2 Å². The van der Waals surface area contributed by atoms with E-state index in [0.29, 0.717) is 10.0 Å². The van der Waals surface area contributed by atoms with Crippen molar-refractivity contribution >= 4 is 34.5 Å². The number of benzene rings is 1. The normalized spacial score (nSPS) is 12.8. The Bertz CT molecular complexity index is 511. The fraction of sp³-hybridized carbons (Fsp3) is 0.200. The number of hydrogen-bond acceptors (Lipinski definition) is 4. The molecule has 2 rings (SSSR count). The fourth-order valence-electron chi connectivity index (χ4n) is 1.19. The molecule has 0 aliphatic rings. The van der Waals surface area contributed by atoms with Gasteiger partial charge in [0.25, 0.3) is 0 Å². The molecule has 1 aromatic carbocycles. The van der Waals surface area contributed by atoms with Gasteiger partial charge in [-0.3, -0.25) is 0 Å². The summed E-state index contributed by atoms with van der Waals surface area (Å²) in [6.45, 7) is 1.86. The van der Waals surface area contributed by atoms with Gasteiger partial charge in [0.05, 0.1) is 11.1 Å². The Morgan fingerprint density at radius 2 is 2.06 bits per heavy atom. The third kappa shape index (κ3) is 2.35. The van der Waals surface area contributed by atoms with Gasteiger partial charge in [-0.2, -0.15) is 0 Å². The summed E-state index contributed by atoms with van der Waals surface area (Å²) < 4.78 is 0. The monoisotopic (exact) mass is 273 g/mol. The molecule has 0 radical (unpaired) electrons. The Kier molecular flexibility index (Phi) is 3.44. The minimum atomic E-state index is -0.121. The molecule has 0 aliphatic heterocycles. The summed E-state index contributed by atoms with van der Waals surface area (Å²) in [7, 11) is 0. The summed E-state index contributed by atoms with van der Waals surface area (Å²) in [4.78, 5) is 0. The molecule has 3 nitrogen and oxygen atoms in total. The molecule has 1 heterocycles. The van der Waals surface area contributed by atoms with Crippen molar-refractivity contribution < 1.29 is 0 Å². The van der Waals surface area contributed by atoms with E-state index < -0.39 is 0 Å². The number of halogens is 2. The van der Waals surface area contributed by atoms with Crippen molar-refractivity contribution in [3.8, 4) is 10.6 Å². The second kappa shape index (κ2) is 4.67. The summed E-state index contributed by atoms with van der Waals surface area (Å²) >= 11 is 13.4. The maximum Gasteiger partial charge on any atom is 0.149 e. The second-order valence-electron chi connectivity index (χ2n) is 3.36. The van der Waals surface area contributed by atoms with E-state index in [1.165, 1.54) is 11.3 Å². The van der Waals surface area contributed by atoms with Crippen LogP contribution in [-0.4, -0.2) is 10.2 Å². The van der Waals surface area contributed by atoms with Crippen molar-refractivity contribution in [1.82, 2.24) is 10.2 Å². The van der Waals surface area contributed by atoms with Crippen LogP contribution >= 0.6 is 34.5 Å².